The number of nitrogens with zero attached hydrogens (tertiary/aromatic N) is 3. The molecule has 1 aliphatic heterocycles. The van der Waals surface area contributed by atoms with Gasteiger partial charge in [0.1, 0.15) is 0 Å². The molecule has 0 aliphatic carbocycles. The molecule has 3 heterocycles. The minimum Gasteiger partial charge on any atom is -0.339 e. The Morgan fingerprint density at radius 2 is 2.03 bits per heavy atom. The lowest BCUT2D eigenvalue weighted by molar-refractivity contribution is -0.116. The van der Waals surface area contributed by atoms with Gasteiger partial charge < -0.3 is 9.84 Å². The van der Waals surface area contributed by atoms with E-state index in [9.17, 15) is 13.2 Å². The van der Waals surface area contributed by atoms with Crippen LogP contribution in [-0.4, -0.2) is 41.9 Å². The molecular formula is C21H24N4O4S2. The number of carbonyl (C=O) groups excluding carboxylic acids is 1. The molecule has 1 aromatic carbocycles. The molecular weight excluding hydrogens is 436 g/mol. The summed E-state index contributed by atoms with van der Waals surface area (Å²) in [5, 5.41) is 8.64. The summed E-state index contributed by atoms with van der Waals surface area (Å²) in [6.07, 6.45) is 3.25. The van der Waals surface area contributed by atoms with Crippen LogP contribution in [0, 0.1) is 6.92 Å². The number of amides is 1. The number of nitrogens with one attached hydrogen (secondary N) is 1. The van der Waals surface area contributed by atoms with Gasteiger partial charge in [-0.3, -0.25) is 4.79 Å². The molecule has 1 fully saturated rings. The summed E-state index contributed by atoms with van der Waals surface area (Å²) < 4.78 is 32.8. The van der Waals surface area contributed by atoms with E-state index in [4.69, 9.17) is 4.52 Å². The number of hydrogen-bond acceptors (Lipinski definition) is 7. The first-order valence-electron chi connectivity index (χ1n) is 10.2. The van der Waals surface area contributed by atoms with Gasteiger partial charge >= 0.3 is 0 Å². The molecule has 10 heteroatoms. The molecule has 1 aliphatic rings. The van der Waals surface area contributed by atoms with Crippen LogP contribution in [0.15, 0.2) is 45.1 Å². The van der Waals surface area contributed by atoms with Crippen molar-refractivity contribution in [1.29, 1.82) is 0 Å². The van der Waals surface area contributed by atoms with E-state index >= 15 is 0 Å². The number of piperidine rings is 1. The molecule has 0 atom stereocenters. The summed E-state index contributed by atoms with van der Waals surface area (Å²) >= 11 is 1.51. The number of anilines is 1. The zero-order chi connectivity index (χ0) is 21.8. The molecule has 1 N–H and O–H groups in total. The summed E-state index contributed by atoms with van der Waals surface area (Å²) in [6.45, 7) is 2.84. The van der Waals surface area contributed by atoms with Crippen LogP contribution in [0.3, 0.4) is 0 Å². The molecule has 2 aromatic heterocycles. The largest absolute Gasteiger partial charge is 0.339 e. The number of sulfonamides is 1. The Balaban J connectivity index is 1.40. The maximum absolute atomic E-state index is 13.0. The SMILES string of the molecule is Cc1ccc(NC(=O)CCc2nc(-c3cccs3)no2)cc1S(=O)(=O)N1CCCCC1. The second-order valence-corrected chi connectivity index (χ2v) is 10.3. The highest BCUT2D eigenvalue weighted by molar-refractivity contribution is 7.89. The minimum atomic E-state index is -3.58. The summed E-state index contributed by atoms with van der Waals surface area (Å²) in [5.41, 5.74) is 1.12. The lowest BCUT2D eigenvalue weighted by Gasteiger charge is -2.26. The topological polar surface area (TPSA) is 105 Å². The summed E-state index contributed by atoms with van der Waals surface area (Å²) in [7, 11) is -3.58. The van der Waals surface area contributed by atoms with Crippen molar-refractivity contribution in [1.82, 2.24) is 14.4 Å². The van der Waals surface area contributed by atoms with Crippen LogP contribution in [-0.2, 0) is 21.2 Å². The average molecular weight is 461 g/mol. The average Bonchev–Trinajstić information content (AvgIpc) is 3.46. The van der Waals surface area contributed by atoms with Gasteiger partial charge in [-0.15, -0.1) is 11.3 Å². The van der Waals surface area contributed by atoms with Gasteiger partial charge in [-0.25, -0.2) is 8.42 Å². The van der Waals surface area contributed by atoms with Gasteiger partial charge in [0.2, 0.25) is 27.6 Å². The third kappa shape index (κ3) is 5.03. The van der Waals surface area contributed by atoms with Crippen LogP contribution in [0.2, 0.25) is 0 Å². The highest BCUT2D eigenvalue weighted by atomic mass is 32.2. The molecule has 4 rings (SSSR count). The van der Waals surface area contributed by atoms with Crippen molar-refractivity contribution in [2.75, 3.05) is 18.4 Å². The normalized spacial score (nSPS) is 15.1. The third-order valence-electron chi connectivity index (χ3n) is 5.18. The molecule has 164 valence electrons. The fourth-order valence-corrected chi connectivity index (χ4v) is 5.92. The lowest BCUT2D eigenvalue weighted by atomic mass is 10.2. The van der Waals surface area contributed by atoms with E-state index in [2.05, 4.69) is 15.5 Å². The maximum Gasteiger partial charge on any atom is 0.243 e. The second kappa shape index (κ2) is 9.29. The van der Waals surface area contributed by atoms with E-state index in [1.165, 1.54) is 15.6 Å². The molecule has 0 saturated carbocycles. The zero-order valence-electron chi connectivity index (χ0n) is 17.2. The molecule has 3 aromatic rings. The number of hydrogen-bond donors (Lipinski definition) is 1. The van der Waals surface area contributed by atoms with Crippen molar-refractivity contribution in [3.05, 3.63) is 47.2 Å². The van der Waals surface area contributed by atoms with Crippen molar-refractivity contribution in [2.24, 2.45) is 0 Å². The number of aromatic nitrogens is 2. The van der Waals surface area contributed by atoms with E-state index in [1.807, 2.05) is 17.5 Å². The molecule has 8 nitrogen and oxygen atoms in total. The van der Waals surface area contributed by atoms with Gasteiger partial charge in [0.15, 0.2) is 0 Å². The van der Waals surface area contributed by atoms with Gasteiger partial charge in [0, 0.05) is 31.6 Å². The van der Waals surface area contributed by atoms with E-state index in [0.717, 1.165) is 24.1 Å². The molecule has 0 spiro atoms. The van der Waals surface area contributed by atoms with Crippen LogP contribution < -0.4 is 5.32 Å². The molecule has 0 unspecified atom stereocenters. The Morgan fingerprint density at radius 1 is 1.23 bits per heavy atom. The van der Waals surface area contributed by atoms with E-state index < -0.39 is 10.0 Å². The predicted molar refractivity (Wildman–Crippen MR) is 118 cm³/mol. The first kappa shape index (κ1) is 21.7. The monoisotopic (exact) mass is 460 g/mol. The van der Waals surface area contributed by atoms with E-state index in [-0.39, 0.29) is 17.2 Å². The Kier molecular flexibility index (Phi) is 6.49. The third-order valence-corrected chi connectivity index (χ3v) is 8.09. The van der Waals surface area contributed by atoms with Gasteiger partial charge in [-0.1, -0.05) is 23.7 Å². The Labute approximate surface area is 185 Å². The number of benzene rings is 1. The van der Waals surface area contributed by atoms with Crippen molar-refractivity contribution in [3.63, 3.8) is 0 Å². The first-order chi connectivity index (χ1) is 14.9. The van der Waals surface area contributed by atoms with Crippen molar-refractivity contribution in [3.8, 4) is 10.7 Å². The zero-order valence-corrected chi connectivity index (χ0v) is 18.8. The highest BCUT2D eigenvalue weighted by Gasteiger charge is 2.27. The lowest BCUT2D eigenvalue weighted by Crippen LogP contribution is -2.36. The minimum absolute atomic E-state index is 0.147. The fourth-order valence-electron chi connectivity index (χ4n) is 3.51. The van der Waals surface area contributed by atoms with Gasteiger partial charge in [-0.05, 0) is 48.9 Å². The van der Waals surface area contributed by atoms with Gasteiger partial charge in [0.25, 0.3) is 0 Å². The second-order valence-electron chi connectivity index (χ2n) is 7.48. The summed E-state index contributed by atoms with van der Waals surface area (Å²) in [5.74, 6) is 0.647. The molecule has 0 bridgehead atoms. The predicted octanol–water partition coefficient (Wildman–Crippen LogP) is 3.85. The van der Waals surface area contributed by atoms with Crippen molar-refractivity contribution >= 4 is 33.0 Å². The van der Waals surface area contributed by atoms with Crippen LogP contribution in [0.5, 0.6) is 0 Å². The standard InChI is InChI=1S/C21H24N4O4S2/c1-15-7-8-16(14-18(15)31(27,28)25-11-3-2-4-12-25)22-19(26)9-10-20-23-21(24-29-20)17-6-5-13-30-17/h5-8,13-14H,2-4,9-12H2,1H3,(H,22,26). The van der Waals surface area contributed by atoms with Crippen LogP contribution in [0.4, 0.5) is 5.69 Å². The van der Waals surface area contributed by atoms with Gasteiger partial charge in [0.05, 0.1) is 9.77 Å². The number of rotatable bonds is 7. The van der Waals surface area contributed by atoms with E-state index in [0.29, 0.717) is 42.5 Å². The van der Waals surface area contributed by atoms with Crippen molar-refractivity contribution in [2.45, 2.75) is 43.9 Å². The molecule has 1 saturated heterocycles. The Morgan fingerprint density at radius 3 is 2.77 bits per heavy atom. The quantitative estimate of drug-likeness (QED) is 0.574. The van der Waals surface area contributed by atoms with Crippen LogP contribution in [0.1, 0.15) is 37.1 Å². The smallest absolute Gasteiger partial charge is 0.243 e. The highest BCUT2D eigenvalue weighted by Crippen LogP contribution is 2.26. The fraction of sp³-hybridized carbons (Fsp3) is 0.381. The number of aryl methyl sites for hydroxylation is 2. The summed E-state index contributed by atoms with van der Waals surface area (Å²) in [4.78, 5) is 17.9. The van der Waals surface area contributed by atoms with Crippen molar-refractivity contribution < 1.29 is 17.7 Å². The molecule has 31 heavy (non-hydrogen) atoms. The molecule has 1 amide bonds. The first-order valence-corrected chi connectivity index (χ1v) is 12.5. The Hall–Kier alpha value is -2.56. The van der Waals surface area contributed by atoms with E-state index in [1.54, 1.807) is 25.1 Å². The summed E-state index contributed by atoms with van der Waals surface area (Å²) in [6, 6.07) is 8.78. The van der Waals surface area contributed by atoms with Gasteiger partial charge in [-0.2, -0.15) is 9.29 Å². The number of thiophene rings is 1. The van der Waals surface area contributed by atoms with Crippen LogP contribution in [0.25, 0.3) is 10.7 Å². The Bertz CT molecular complexity index is 1150. The van der Waals surface area contributed by atoms with Crippen LogP contribution >= 0.6 is 11.3 Å². The maximum atomic E-state index is 13.0. The molecule has 0 radical (unpaired) electrons. The number of carbonyl (C=O) groups is 1.